The number of alkyl halides is 3. The Morgan fingerprint density at radius 3 is 2.60 bits per heavy atom. The van der Waals surface area contributed by atoms with Crippen LogP contribution in [0.2, 0.25) is 0 Å². The van der Waals surface area contributed by atoms with Gasteiger partial charge in [-0.3, -0.25) is 0 Å². The Bertz CT molecular complexity index is 507. The van der Waals surface area contributed by atoms with Gasteiger partial charge in [0.05, 0.1) is 23.0 Å². The third kappa shape index (κ3) is 1.70. The molecule has 2 N–H and O–H groups in total. The van der Waals surface area contributed by atoms with E-state index in [-0.39, 0.29) is 11.1 Å². The highest BCUT2D eigenvalue weighted by Crippen LogP contribution is 2.31. The number of nitrogens with zero attached hydrogens (tertiary/aromatic N) is 2. The van der Waals surface area contributed by atoms with Crippen LogP contribution in [0.3, 0.4) is 0 Å². The van der Waals surface area contributed by atoms with Gasteiger partial charge in [-0.1, -0.05) is 0 Å². The van der Waals surface area contributed by atoms with Crippen LogP contribution < -0.4 is 5.73 Å². The summed E-state index contributed by atoms with van der Waals surface area (Å²) < 4.78 is 37.1. The molecular weight excluding hydrogens is 207 g/mol. The largest absolute Gasteiger partial charge is 0.416 e. The van der Waals surface area contributed by atoms with Crippen LogP contribution in [-0.4, -0.2) is 10.2 Å². The topological polar surface area (TPSA) is 51.8 Å². The van der Waals surface area contributed by atoms with Gasteiger partial charge in [0.15, 0.2) is 0 Å². The Labute approximate surface area is 82.7 Å². The molecule has 78 valence electrons. The second-order valence-electron chi connectivity index (χ2n) is 3.03. The Morgan fingerprint density at radius 1 is 1.20 bits per heavy atom. The van der Waals surface area contributed by atoms with Crippen molar-refractivity contribution in [1.82, 2.24) is 10.2 Å². The standard InChI is InChI=1S/C9H6F3N3/c10-9(11,12)5-1-2-8-6(3-5)7(13)4-14-15-8/h1-4H,(H2,13,15). The molecular formula is C9H6F3N3. The maximum Gasteiger partial charge on any atom is 0.416 e. The third-order valence-corrected chi connectivity index (χ3v) is 2.00. The van der Waals surface area contributed by atoms with Gasteiger partial charge in [-0.15, -0.1) is 0 Å². The predicted octanol–water partition coefficient (Wildman–Crippen LogP) is 2.23. The van der Waals surface area contributed by atoms with Crippen LogP contribution in [-0.2, 0) is 6.18 Å². The van der Waals surface area contributed by atoms with Crippen LogP contribution >= 0.6 is 0 Å². The number of rotatable bonds is 0. The summed E-state index contributed by atoms with van der Waals surface area (Å²) in [6.45, 7) is 0. The fourth-order valence-electron chi connectivity index (χ4n) is 1.25. The first-order valence-electron chi connectivity index (χ1n) is 4.06. The molecule has 6 heteroatoms. The minimum absolute atomic E-state index is 0.186. The number of halogens is 3. The lowest BCUT2D eigenvalue weighted by Gasteiger charge is -2.07. The van der Waals surface area contributed by atoms with Crippen molar-refractivity contribution in [1.29, 1.82) is 0 Å². The molecule has 0 saturated carbocycles. The van der Waals surface area contributed by atoms with Crippen molar-refractivity contribution in [3.05, 3.63) is 30.0 Å². The van der Waals surface area contributed by atoms with E-state index >= 15 is 0 Å². The van der Waals surface area contributed by atoms with Crippen LogP contribution in [0, 0.1) is 0 Å². The first-order chi connectivity index (χ1) is 6.98. The summed E-state index contributed by atoms with van der Waals surface area (Å²) in [4.78, 5) is 0. The molecule has 0 fully saturated rings. The van der Waals surface area contributed by atoms with Gasteiger partial charge in [0.2, 0.25) is 0 Å². The fourth-order valence-corrected chi connectivity index (χ4v) is 1.25. The van der Waals surface area contributed by atoms with Gasteiger partial charge in [0, 0.05) is 5.39 Å². The highest BCUT2D eigenvalue weighted by Gasteiger charge is 2.30. The molecule has 2 rings (SSSR count). The number of nitrogen functional groups attached to an aromatic ring is 1. The number of hydrogen-bond donors (Lipinski definition) is 1. The van der Waals surface area contributed by atoms with Gasteiger partial charge >= 0.3 is 6.18 Å². The zero-order chi connectivity index (χ0) is 11.1. The van der Waals surface area contributed by atoms with Crippen molar-refractivity contribution in [3.8, 4) is 0 Å². The molecule has 3 nitrogen and oxygen atoms in total. The third-order valence-electron chi connectivity index (χ3n) is 2.00. The van der Waals surface area contributed by atoms with Crippen LogP contribution in [0.4, 0.5) is 18.9 Å². The van der Waals surface area contributed by atoms with E-state index in [0.717, 1.165) is 12.1 Å². The molecule has 1 aromatic carbocycles. The maximum atomic E-state index is 12.4. The molecule has 0 aliphatic rings. The van der Waals surface area contributed by atoms with Gasteiger partial charge in [0.1, 0.15) is 0 Å². The van der Waals surface area contributed by atoms with Crippen LogP contribution in [0.5, 0.6) is 0 Å². The lowest BCUT2D eigenvalue weighted by Crippen LogP contribution is -2.05. The SMILES string of the molecule is Nc1cnnc2ccc(C(F)(F)F)cc12. The smallest absolute Gasteiger partial charge is 0.397 e. The Hall–Kier alpha value is -1.85. The average molecular weight is 213 g/mol. The van der Waals surface area contributed by atoms with Crippen molar-refractivity contribution < 1.29 is 13.2 Å². The molecule has 1 aromatic heterocycles. The number of fused-ring (bicyclic) bond motifs is 1. The summed E-state index contributed by atoms with van der Waals surface area (Å²) in [6, 6.07) is 3.18. The van der Waals surface area contributed by atoms with Crippen molar-refractivity contribution in [3.63, 3.8) is 0 Å². The van der Waals surface area contributed by atoms with E-state index in [9.17, 15) is 13.2 Å². The molecule has 0 atom stereocenters. The monoisotopic (exact) mass is 213 g/mol. The second kappa shape index (κ2) is 3.08. The Balaban J connectivity index is 2.70. The lowest BCUT2D eigenvalue weighted by atomic mass is 10.1. The molecule has 0 aliphatic carbocycles. The number of hydrogen-bond acceptors (Lipinski definition) is 3. The zero-order valence-electron chi connectivity index (χ0n) is 7.42. The summed E-state index contributed by atoms with van der Waals surface area (Å²) in [5.41, 5.74) is 5.29. The van der Waals surface area contributed by atoms with Crippen LogP contribution in [0.1, 0.15) is 5.56 Å². The molecule has 15 heavy (non-hydrogen) atoms. The van der Waals surface area contributed by atoms with E-state index in [0.29, 0.717) is 5.52 Å². The molecule has 0 unspecified atom stereocenters. The molecule has 2 aromatic rings. The summed E-state index contributed by atoms with van der Waals surface area (Å²) in [6.07, 6.45) is -3.15. The number of anilines is 1. The van der Waals surface area contributed by atoms with E-state index in [1.807, 2.05) is 0 Å². The quantitative estimate of drug-likeness (QED) is 0.730. The van der Waals surface area contributed by atoms with Crippen LogP contribution in [0.15, 0.2) is 24.4 Å². The molecule has 0 aliphatic heterocycles. The van der Waals surface area contributed by atoms with Crippen molar-refractivity contribution >= 4 is 16.6 Å². The normalized spacial score (nSPS) is 11.9. The highest BCUT2D eigenvalue weighted by atomic mass is 19.4. The number of benzene rings is 1. The van der Waals surface area contributed by atoms with E-state index in [4.69, 9.17) is 5.73 Å². The molecule has 0 amide bonds. The van der Waals surface area contributed by atoms with E-state index in [1.165, 1.54) is 12.3 Å². The van der Waals surface area contributed by atoms with E-state index in [2.05, 4.69) is 10.2 Å². The molecule has 0 spiro atoms. The first-order valence-corrected chi connectivity index (χ1v) is 4.06. The zero-order valence-corrected chi connectivity index (χ0v) is 7.42. The van der Waals surface area contributed by atoms with Crippen molar-refractivity contribution in [2.75, 3.05) is 5.73 Å². The van der Waals surface area contributed by atoms with E-state index in [1.54, 1.807) is 0 Å². The van der Waals surface area contributed by atoms with Gasteiger partial charge < -0.3 is 5.73 Å². The summed E-state index contributed by atoms with van der Waals surface area (Å²) >= 11 is 0. The van der Waals surface area contributed by atoms with Crippen molar-refractivity contribution in [2.24, 2.45) is 0 Å². The fraction of sp³-hybridized carbons (Fsp3) is 0.111. The van der Waals surface area contributed by atoms with Gasteiger partial charge in [-0.05, 0) is 18.2 Å². The molecule has 1 heterocycles. The Kier molecular flexibility index (Phi) is 1.99. The number of nitrogens with two attached hydrogens (primary N) is 1. The first kappa shape index (κ1) is 9.70. The van der Waals surface area contributed by atoms with Crippen LogP contribution in [0.25, 0.3) is 10.9 Å². The Morgan fingerprint density at radius 2 is 1.93 bits per heavy atom. The molecule has 0 radical (unpaired) electrons. The van der Waals surface area contributed by atoms with Crippen molar-refractivity contribution in [2.45, 2.75) is 6.18 Å². The minimum Gasteiger partial charge on any atom is -0.397 e. The second-order valence-corrected chi connectivity index (χ2v) is 3.03. The number of aromatic nitrogens is 2. The van der Waals surface area contributed by atoms with Gasteiger partial charge in [0.25, 0.3) is 0 Å². The van der Waals surface area contributed by atoms with Gasteiger partial charge in [-0.2, -0.15) is 23.4 Å². The summed E-state index contributed by atoms with van der Waals surface area (Å²) in [5.74, 6) is 0. The summed E-state index contributed by atoms with van der Waals surface area (Å²) in [7, 11) is 0. The lowest BCUT2D eigenvalue weighted by molar-refractivity contribution is -0.137. The minimum atomic E-state index is -4.37. The highest BCUT2D eigenvalue weighted by molar-refractivity contribution is 5.89. The molecule has 0 saturated heterocycles. The molecule has 0 bridgehead atoms. The average Bonchev–Trinajstić information content (AvgIpc) is 2.16. The van der Waals surface area contributed by atoms with E-state index < -0.39 is 11.7 Å². The maximum absolute atomic E-state index is 12.4. The van der Waals surface area contributed by atoms with Gasteiger partial charge in [-0.25, -0.2) is 0 Å². The predicted molar refractivity (Wildman–Crippen MR) is 49.0 cm³/mol. The summed E-state index contributed by atoms with van der Waals surface area (Å²) in [5, 5.41) is 7.48.